The first kappa shape index (κ1) is 14.3. The summed E-state index contributed by atoms with van der Waals surface area (Å²) in [5.41, 5.74) is 0.986. The summed E-state index contributed by atoms with van der Waals surface area (Å²) >= 11 is 0. The van der Waals surface area contributed by atoms with Crippen molar-refractivity contribution in [3.8, 4) is 5.88 Å². The second-order valence-corrected chi connectivity index (χ2v) is 5.76. The molecule has 4 heteroatoms. The number of nitrogens with zero attached hydrogens (tertiary/aromatic N) is 2. The largest absolute Gasteiger partial charge is 0.481 e. The van der Waals surface area contributed by atoms with Gasteiger partial charge in [-0.1, -0.05) is 13.0 Å². The fourth-order valence-electron chi connectivity index (χ4n) is 3.13. The van der Waals surface area contributed by atoms with Crippen LogP contribution in [0.5, 0.6) is 5.88 Å². The summed E-state index contributed by atoms with van der Waals surface area (Å²) in [6.07, 6.45) is 5.04. The molecule has 0 bridgehead atoms. The SMILES string of the molecule is COc1ncccc1CN(C)[C@@]1(CO)CC[C@@H](C)C1. The molecule has 0 saturated heterocycles. The summed E-state index contributed by atoms with van der Waals surface area (Å²) in [4.78, 5) is 6.49. The zero-order valence-electron chi connectivity index (χ0n) is 12.1. The number of hydrogen-bond donors (Lipinski definition) is 1. The lowest BCUT2D eigenvalue weighted by Gasteiger charge is -2.37. The molecule has 2 rings (SSSR count). The highest BCUT2D eigenvalue weighted by molar-refractivity contribution is 5.25. The van der Waals surface area contributed by atoms with E-state index in [0.29, 0.717) is 11.8 Å². The van der Waals surface area contributed by atoms with Gasteiger partial charge in [0.2, 0.25) is 5.88 Å². The van der Waals surface area contributed by atoms with Crippen LogP contribution in [-0.2, 0) is 6.54 Å². The van der Waals surface area contributed by atoms with E-state index in [1.54, 1.807) is 13.3 Å². The lowest BCUT2D eigenvalue weighted by atomic mass is 9.95. The average molecular weight is 264 g/mol. The van der Waals surface area contributed by atoms with Gasteiger partial charge in [-0.15, -0.1) is 0 Å². The summed E-state index contributed by atoms with van der Waals surface area (Å²) in [6, 6.07) is 3.96. The number of pyridine rings is 1. The van der Waals surface area contributed by atoms with Crippen molar-refractivity contribution < 1.29 is 9.84 Å². The molecular formula is C15H24N2O2. The molecule has 0 amide bonds. The molecule has 0 spiro atoms. The smallest absolute Gasteiger partial charge is 0.217 e. The van der Waals surface area contributed by atoms with E-state index in [4.69, 9.17) is 4.74 Å². The van der Waals surface area contributed by atoms with Crippen LogP contribution in [0.3, 0.4) is 0 Å². The van der Waals surface area contributed by atoms with E-state index >= 15 is 0 Å². The molecule has 4 nitrogen and oxygen atoms in total. The van der Waals surface area contributed by atoms with Crippen LogP contribution >= 0.6 is 0 Å². The van der Waals surface area contributed by atoms with Gasteiger partial charge in [0.05, 0.1) is 13.7 Å². The van der Waals surface area contributed by atoms with Gasteiger partial charge in [0.1, 0.15) is 0 Å². The Morgan fingerprint density at radius 3 is 2.95 bits per heavy atom. The van der Waals surface area contributed by atoms with Crippen molar-refractivity contribution in [2.24, 2.45) is 5.92 Å². The highest BCUT2D eigenvalue weighted by Crippen LogP contribution is 2.39. The molecule has 1 aliphatic rings. The summed E-state index contributed by atoms with van der Waals surface area (Å²) in [7, 11) is 3.73. The minimum absolute atomic E-state index is 0.0831. The summed E-state index contributed by atoms with van der Waals surface area (Å²) in [5.74, 6) is 1.36. The van der Waals surface area contributed by atoms with Crippen molar-refractivity contribution in [1.29, 1.82) is 0 Å². The van der Waals surface area contributed by atoms with Gasteiger partial charge in [0.25, 0.3) is 0 Å². The van der Waals surface area contributed by atoms with Crippen LogP contribution in [0.2, 0.25) is 0 Å². The molecule has 1 aromatic heterocycles. The maximum atomic E-state index is 9.82. The van der Waals surface area contributed by atoms with Crippen LogP contribution in [0.25, 0.3) is 0 Å². The Balaban J connectivity index is 2.13. The molecule has 2 atom stereocenters. The number of methoxy groups -OCH3 is 1. The van der Waals surface area contributed by atoms with E-state index in [1.165, 1.54) is 6.42 Å². The highest BCUT2D eigenvalue weighted by atomic mass is 16.5. The van der Waals surface area contributed by atoms with Gasteiger partial charge in [-0.2, -0.15) is 0 Å². The fraction of sp³-hybridized carbons (Fsp3) is 0.667. The van der Waals surface area contributed by atoms with Crippen LogP contribution in [0.1, 0.15) is 31.7 Å². The van der Waals surface area contributed by atoms with Crippen LogP contribution in [0.4, 0.5) is 0 Å². The molecule has 1 aromatic rings. The van der Waals surface area contributed by atoms with Crippen molar-refractivity contribution in [2.45, 2.75) is 38.3 Å². The topological polar surface area (TPSA) is 45.6 Å². The number of aromatic nitrogens is 1. The molecule has 1 fully saturated rings. The third-order valence-corrected chi connectivity index (χ3v) is 4.39. The van der Waals surface area contributed by atoms with Crippen molar-refractivity contribution >= 4 is 0 Å². The molecule has 1 heterocycles. The van der Waals surface area contributed by atoms with Crippen LogP contribution in [0.15, 0.2) is 18.3 Å². The summed E-state index contributed by atoms with van der Waals surface area (Å²) in [5, 5.41) is 9.82. The second kappa shape index (κ2) is 5.88. The molecule has 0 unspecified atom stereocenters. The normalized spacial score (nSPS) is 26.9. The number of aliphatic hydroxyl groups excluding tert-OH is 1. The van der Waals surface area contributed by atoms with E-state index in [9.17, 15) is 5.11 Å². The Morgan fingerprint density at radius 2 is 2.37 bits per heavy atom. The Morgan fingerprint density at radius 1 is 1.58 bits per heavy atom. The number of hydrogen-bond acceptors (Lipinski definition) is 4. The summed E-state index contributed by atoms with van der Waals surface area (Å²) in [6.45, 7) is 3.23. The number of aliphatic hydroxyl groups is 1. The van der Waals surface area contributed by atoms with Crippen LogP contribution < -0.4 is 4.74 Å². The van der Waals surface area contributed by atoms with Crippen molar-refractivity contribution in [3.05, 3.63) is 23.9 Å². The molecule has 1 N–H and O–H groups in total. The van der Waals surface area contributed by atoms with E-state index < -0.39 is 0 Å². The molecule has 1 saturated carbocycles. The third-order valence-electron chi connectivity index (χ3n) is 4.39. The van der Waals surface area contributed by atoms with Gasteiger partial charge in [0.15, 0.2) is 0 Å². The predicted molar refractivity (Wildman–Crippen MR) is 75.1 cm³/mol. The van der Waals surface area contributed by atoms with Crippen molar-refractivity contribution in [2.75, 3.05) is 20.8 Å². The Hall–Kier alpha value is -1.13. The Kier molecular flexibility index (Phi) is 4.42. The zero-order valence-corrected chi connectivity index (χ0v) is 12.1. The first-order valence-electron chi connectivity index (χ1n) is 6.91. The van der Waals surface area contributed by atoms with E-state index in [0.717, 1.165) is 24.9 Å². The molecule has 1 aliphatic carbocycles. The fourth-order valence-corrected chi connectivity index (χ4v) is 3.13. The lowest BCUT2D eigenvalue weighted by molar-refractivity contribution is 0.0451. The molecule has 106 valence electrons. The van der Waals surface area contributed by atoms with Crippen LogP contribution in [0, 0.1) is 5.92 Å². The average Bonchev–Trinajstić information content (AvgIpc) is 2.82. The number of likely N-dealkylation sites (N-methyl/N-ethyl adjacent to an activating group) is 1. The minimum atomic E-state index is -0.0831. The third kappa shape index (κ3) is 2.90. The van der Waals surface area contributed by atoms with Gasteiger partial charge in [-0.05, 0) is 38.3 Å². The van der Waals surface area contributed by atoms with Crippen molar-refractivity contribution in [3.63, 3.8) is 0 Å². The Bertz CT molecular complexity index is 424. The number of ether oxygens (including phenoxy) is 1. The quantitative estimate of drug-likeness (QED) is 0.884. The maximum Gasteiger partial charge on any atom is 0.217 e. The van der Waals surface area contributed by atoms with Crippen molar-refractivity contribution in [1.82, 2.24) is 9.88 Å². The zero-order chi connectivity index (χ0) is 13.9. The van der Waals surface area contributed by atoms with Gasteiger partial charge in [-0.3, -0.25) is 4.90 Å². The van der Waals surface area contributed by atoms with Gasteiger partial charge in [-0.25, -0.2) is 4.98 Å². The molecule has 19 heavy (non-hydrogen) atoms. The molecule has 0 aromatic carbocycles. The van der Waals surface area contributed by atoms with Crippen LogP contribution in [-0.4, -0.2) is 41.3 Å². The highest BCUT2D eigenvalue weighted by Gasteiger charge is 2.40. The van der Waals surface area contributed by atoms with E-state index in [1.807, 2.05) is 12.1 Å². The maximum absolute atomic E-state index is 9.82. The minimum Gasteiger partial charge on any atom is -0.481 e. The number of rotatable bonds is 5. The molecule has 0 radical (unpaired) electrons. The van der Waals surface area contributed by atoms with Gasteiger partial charge in [0, 0.05) is 23.8 Å². The standard InChI is InChI=1S/C15H24N2O2/c1-12-6-7-15(9-12,11-18)17(2)10-13-5-4-8-16-14(13)19-3/h4-5,8,12,18H,6-7,9-11H2,1-3H3/t12-,15+/m1/s1. The lowest BCUT2D eigenvalue weighted by Crippen LogP contribution is -2.47. The first-order valence-corrected chi connectivity index (χ1v) is 6.91. The second-order valence-electron chi connectivity index (χ2n) is 5.76. The molecular weight excluding hydrogens is 240 g/mol. The van der Waals surface area contributed by atoms with Gasteiger partial charge < -0.3 is 9.84 Å². The predicted octanol–water partition coefficient (Wildman–Crippen LogP) is 2.07. The van der Waals surface area contributed by atoms with E-state index in [2.05, 4.69) is 23.9 Å². The van der Waals surface area contributed by atoms with Gasteiger partial charge >= 0.3 is 0 Å². The van der Waals surface area contributed by atoms with E-state index in [-0.39, 0.29) is 12.1 Å². The molecule has 0 aliphatic heterocycles. The summed E-state index contributed by atoms with van der Waals surface area (Å²) < 4.78 is 5.30. The Labute approximate surface area is 115 Å². The monoisotopic (exact) mass is 264 g/mol. The first-order chi connectivity index (χ1) is 9.11.